The maximum atomic E-state index is 12.2. The predicted octanol–water partition coefficient (Wildman–Crippen LogP) is 1.28. The summed E-state index contributed by atoms with van der Waals surface area (Å²) in [7, 11) is 2.82. The van der Waals surface area contributed by atoms with Crippen molar-refractivity contribution in [3.05, 3.63) is 23.8 Å². The molecule has 6 heteroatoms. The highest BCUT2D eigenvalue weighted by atomic mass is 16.5. The van der Waals surface area contributed by atoms with Crippen LogP contribution >= 0.6 is 0 Å². The zero-order valence-electron chi connectivity index (χ0n) is 12.4. The summed E-state index contributed by atoms with van der Waals surface area (Å²) in [6.07, 6.45) is 0. The van der Waals surface area contributed by atoms with Gasteiger partial charge in [-0.25, -0.2) is 4.79 Å². The minimum Gasteiger partial charge on any atom is -0.497 e. The second-order valence-corrected chi connectivity index (χ2v) is 5.10. The Kier molecular flexibility index (Phi) is 4.80. The smallest absolute Gasteiger partial charge is 0.340 e. The molecule has 1 amide bonds. The highest BCUT2D eigenvalue weighted by Crippen LogP contribution is 2.25. The second-order valence-electron chi connectivity index (χ2n) is 5.10. The van der Waals surface area contributed by atoms with E-state index < -0.39 is 5.97 Å². The topological polar surface area (TPSA) is 76.7 Å². The van der Waals surface area contributed by atoms with Gasteiger partial charge in [0.15, 0.2) is 0 Å². The van der Waals surface area contributed by atoms with Crippen LogP contribution in [0.25, 0.3) is 0 Å². The third-order valence-corrected chi connectivity index (χ3v) is 3.82. The molecule has 0 aliphatic carbocycles. The molecule has 21 heavy (non-hydrogen) atoms. The van der Waals surface area contributed by atoms with Gasteiger partial charge in [-0.1, -0.05) is 6.92 Å². The quantitative estimate of drug-likeness (QED) is 0.799. The molecule has 0 spiro atoms. The van der Waals surface area contributed by atoms with Crippen LogP contribution < -0.4 is 15.4 Å². The average Bonchev–Trinajstić information content (AvgIpc) is 2.44. The lowest BCUT2D eigenvalue weighted by atomic mass is 9.88. The van der Waals surface area contributed by atoms with Gasteiger partial charge in [0.25, 0.3) is 0 Å². The van der Waals surface area contributed by atoms with E-state index in [0.717, 1.165) is 13.1 Å². The molecule has 1 aromatic carbocycles. The van der Waals surface area contributed by atoms with Gasteiger partial charge in [-0.2, -0.15) is 0 Å². The van der Waals surface area contributed by atoms with Gasteiger partial charge >= 0.3 is 5.97 Å². The molecule has 0 saturated carbocycles. The molecular weight excluding hydrogens is 272 g/mol. The lowest BCUT2D eigenvalue weighted by Gasteiger charge is -2.31. The van der Waals surface area contributed by atoms with Crippen molar-refractivity contribution in [1.29, 1.82) is 0 Å². The Bertz CT molecular complexity index is 540. The van der Waals surface area contributed by atoms with Crippen molar-refractivity contribution < 1.29 is 19.1 Å². The first-order chi connectivity index (χ1) is 10.1. The van der Waals surface area contributed by atoms with Crippen LogP contribution in [0.3, 0.4) is 0 Å². The van der Waals surface area contributed by atoms with Gasteiger partial charge in [-0.3, -0.25) is 4.79 Å². The number of esters is 1. The Hall–Kier alpha value is -2.08. The molecule has 114 valence electrons. The number of rotatable bonds is 5. The number of hydrogen-bond acceptors (Lipinski definition) is 5. The standard InChI is InChI=1S/C15H20N2O4/c1-9(10-7-16-8-10)14(18)17-13-5-4-11(20-2)6-12(13)15(19)21-3/h4-6,9-10,16H,7-8H2,1-3H3,(H,17,18). The molecule has 1 aliphatic rings. The fourth-order valence-electron chi connectivity index (χ4n) is 2.16. The van der Waals surface area contributed by atoms with Crippen LogP contribution in [0.2, 0.25) is 0 Å². The largest absolute Gasteiger partial charge is 0.497 e. The van der Waals surface area contributed by atoms with E-state index in [0.29, 0.717) is 17.4 Å². The maximum Gasteiger partial charge on any atom is 0.340 e. The highest BCUT2D eigenvalue weighted by Gasteiger charge is 2.29. The number of ether oxygens (including phenoxy) is 2. The van der Waals surface area contributed by atoms with E-state index in [2.05, 4.69) is 10.6 Å². The van der Waals surface area contributed by atoms with Crippen molar-refractivity contribution in [2.45, 2.75) is 6.92 Å². The predicted molar refractivity (Wildman–Crippen MR) is 78.5 cm³/mol. The number of nitrogens with one attached hydrogen (secondary N) is 2. The van der Waals surface area contributed by atoms with Crippen LogP contribution in [0.15, 0.2) is 18.2 Å². The minimum atomic E-state index is -0.512. The Morgan fingerprint density at radius 1 is 1.33 bits per heavy atom. The number of amides is 1. The fourth-order valence-corrected chi connectivity index (χ4v) is 2.16. The molecule has 1 unspecified atom stereocenters. The molecule has 2 rings (SSSR count). The first-order valence-corrected chi connectivity index (χ1v) is 6.84. The zero-order chi connectivity index (χ0) is 15.4. The number of hydrogen-bond donors (Lipinski definition) is 2. The van der Waals surface area contributed by atoms with Crippen molar-refractivity contribution in [2.75, 3.05) is 32.6 Å². The summed E-state index contributed by atoms with van der Waals surface area (Å²) in [6.45, 7) is 3.59. The molecule has 1 atom stereocenters. The molecule has 0 radical (unpaired) electrons. The average molecular weight is 292 g/mol. The third-order valence-electron chi connectivity index (χ3n) is 3.82. The lowest BCUT2D eigenvalue weighted by Crippen LogP contribution is -2.48. The van der Waals surface area contributed by atoms with Crippen molar-refractivity contribution in [3.63, 3.8) is 0 Å². The van der Waals surface area contributed by atoms with Crippen LogP contribution in [0.1, 0.15) is 17.3 Å². The summed E-state index contributed by atoms with van der Waals surface area (Å²) in [5, 5.41) is 5.95. The molecule has 1 saturated heterocycles. The number of carbonyl (C=O) groups excluding carboxylic acids is 2. The normalized spacial score (nSPS) is 15.8. The van der Waals surface area contributed by atoms with Crippen LogP contribution in [-0.4, -0.2) is 39.2 Å². The number of methoxy groups -OCH3 is 2. The number of anilines is 1. The maximum absolute atomic E-state index is 12.2. The van der Waals surface area contributed by atoms with Gasteiger partial charge in [0, 0.05) is 5.92 Å². The van der Waals surface area contributed by atoms with E-state index in [1.54, 1.807) is 18.2 Å². The Balaban J connectivity index is 2.18. The van der Waals surface area contributed by atoms with Crippen LogP contribution in [0, 0.1) is 11.8 Å². The van der Waals surface area contributed by atoms with E-state index in [1.165, 1.54) is 14.2 Å². The van der Waals surface area contributed by atoms with E-state index in [4.69, 9.17) is 9.47 Å². The van der Waals surface area contributed by atoms with Crippen molar-refractivity contribution >= 4 is 17.6 Å². The van der Waals surface area contributed by atoms with E-state index in [-0.39, 0.29) is 17.4 Å². The summed E-state index contributed by atoms with van der Waals surface area (Å²) >= 11 is 0. The molecular formula is C15H20N2O4. The Morgan fingerprint density at radius 2 is 2.05 bits per heavy atom. The first-order valence-electron chi connectivity index (χ1n) is 6.84. The van der Waals surface area contributed by atoms with Gasteiger partial charge < -0.3 is 20.1 Å². The van der Waals surface area contributed by atoms with Gasteiger partial charge in [-0.15, -0.1) is 0 Å². The number of carbonyl (C=O) groups is 2. The zero-order valence-corrected chi connectivity index (χ0v) is 12.4. The first kappa shape index (κ1) is 15.3. The summed E-state index contributed by atoms with van der Waals surface area (Å²) in [5.74, 6) is 0.146. The van der Waals surface area contributed by atoms with Gasteiger partial charge in [0.05, 0.1) is 25.5 Å². The Labute approximate surface area is 123 Å². The van der Waals surface area contributed by atoms with Crippen molar-refractivity contribution in [3.8, 4) is 5.75 Å². The van der Waals surface area contributed by atoms with Crippen molar-refractivity contribution in [2.24, 2.45) is 11.8 Å². The SMILES string of the molecule is COC(=O)c1cc(OC)ccc1NC(=O)C(C)C1CNC1. The van der Waals surface area contributed by atoms with Gasteiger partial charge in [0.2, 0.25) is 5.91 Å². The van der Waals surface area contributed by atoms with Gasteiger partial charge in [0.1, 0.15) is 5.75 Å². The van der Waals surface area contributed by atoms with E-state index in [9.17, 15) is 9.59 Å². The molecule has 1 aliphatic heterocycles. The summed E-state index contributed by atoms with van der Waals surface area (Å²) < 4.78 is 9.84. The van der Waals surface area contributed by atoms with Crippen LogP contribution in [-0.2, 0) is 9.53 Å². The van der Waals surface area contributed by atoms with Crippen molar-refractivity contribution in [1.82, 2.24) is 5.32 Å². The molecule has 1 fully saturated rings. The number of benzene rings is 1. The molecule has 2 N–H and O–H groups in total. The molecule has 0 bridgehead atoms. The molecule has 0 aromatic heterocycles. The fraction of sp³-hybridized carbons (Fsp3) is 0.467. The van der Waals surface area contributed by atoms with E-state index in [1.807, 2.05) is 6.92 Å². The van der Waals surface area contributed by atoms with E-state index >= 15 is 0 Å². The lowest BCUT2D eigenvalue weighted by molar-refractivity contribution is -0.121. The van der Waals surface area contributed by atoms with Gasteiger partial charge in [-0.05, 0) is 37.2 Å². The van der Waals surface area contributed by atoms with Crippen LogP contribution in [0.5, 0.6) is 5.75 Å². The molecule has 1 heterocycles. The molecule has 6 nitrogen and oxygen atoms in total. The Morgan fingerprint density at radius 3 is 2.57 bits per heavy atom. The summed E-state index contributed by atoms with van der Waals surface area (Å²) in [4.78, 5) is 24.1. The highest BCUT2D eigenvalue weighted by molar-refractivity contribution is 6.02. The second kappa shape index (κ2) is 6.58. The monoisotopic (exact) mass is 292 g/mol. The summed E-state index contributed by atoms with van der Waals surface area (Å²) in [5.41, 5.74) is 0.718. The van der Waals surface area contributed by atoms with Crippen LogP contribution in [0.4, 0.5) is 5.69 Å². The minimum absolute atomic E-state index is 0.100. The third kappa shape index (κ3) is 3.33. The summed E-state index contributed by atoms with van der Waals surface area (Å²) in [6, 6.07) is 4.89. The molecule has 1 aromatic rings.